The lowest BCUT2D eigenvalue weighted by molar-refractivity contribution is 0.981. The molecule has 0 spiro atoms. The maximum atomic E-state index is 4.37. The first-order valence-corrected chi connectivity index (χ1v) is 6.66. The van der Waals surface area contributed by atoms with E-state index in [2.05, 4.69) is 32.9 Å². The highest BCUT2D eigenvalue weighted by molar-refractivity contribution is 8.16. The Kier molecular flexibility index (Phi) is 2.98. The van der Waals surface area contributed by atoms with E-state index >= 15 is 0 Å². The lowest BCUT2D eigenvalue weighted by atomic mass is 10.0. The second-order valence-electron chi connectivity index (χ2n) is 4.04. The third-order valence-corrected chi connectivity index (χ3v) is 3.77. The first kappa shape index (κ1) is 11.2. The second-order valence-corrected chi connectivity index (χ2v) is 5.00. The number of hydrazone groups is 1. The summed E-state index contributed by atoms with van der Waals surface area (Å²) in [6.07, 6.45) is 3.84. The van der Waals surface area contributed by atoms with Crippen molar-refractivity contribution in [2.24, 2.45) is 15.3 Å². The Morgan fingerprint density at radius 1 is 1.22 bits per heavy atom. The Labute approximate surface area is 110 Å². The molecule has 3 rings (SSSR count). The zero-order valence-electron chi connectivity index (χ0n) is 9.92. The van der Waals surface area contributed by atoms with E-state index in [1.165, 1.54) is 0 Å². The summed E-state index contributed by atoms with van der Waals surface area (Å²) < 4.78 is 0. The van der Waals surface area contributed by atoms with Crippen LogP contribution in [0.15, 0.2) is 45.8 Å². The third-order valence-electron chi connectivity index (χ3n) is 2.66. The van der Waals surface area contributed by atoms with Crippen LogP contribution in [0.3, 0.4) is 0 Å². The van der Waals surface area contributed by atoms with Crippen LogP contribution >= 0.6 is 11.8 Å². The molecule has 1 aromatic rings. The summed E-state index contributed by atoms with van der Waals surface area (Å²) in [5.41, 5.74) is 7.03. The van der Waals surface area contributed by atoms with Gasteiger partial charge in [0.15, 0.2) is 0 Å². The fourth-order valence-corrected chi connectivity index (χ4v) is 2.58. The predicted octanol–water partition coefficient (Wildman–Crippen LogP) is 2.49. The zero-order valence-corrected chi connectivity index (χ0v) is 10.7. The topological polar surface area (TPSA) is 49.1 Å². The van der Waals surface area contributed by atoms with Crippen molar-refractivity contribution >= 4 is 34.3 Å². The van der Waals surface area contributed by atoms with Gasteiger partial charge in [-0.05, 0) is 18.6 Å². The van der Waals surface area contributed by atoms with Crippen LogP contribution in [0.25, 0.3) is 6.08 Å². The van der Waals surface area contributed by atoms with Gasteiger partial charge in [-0.1, -0.05) is 36.0 Å². The second kappa shape index (κ2) is 4.78. The lowest BCUT2D eigenvalue weighted by Gasteiger charge is -2.12. The van der Waals surface area contributed by atoms with E-state index in [9.17, 15) is 0 Å². The van der Waals surface area contributed by atoms with Crippen LogP contribution < -0.4 is 5.43 Å². The van der Waals surface area contributed by atoms with Crippen molar-refractivity contribution in [3.63, 3.8) is 0 Å². The molecular formula is C13H12N4S. The number of rotatable bonds is 1. The number of nitrogens with one attached hydrogen (secondary N) is 1. The molecule has 18 heavy (non-hydrogen) atoms. The Balaban J connectivity index is 2.07. The van der Waals surface area contributed by atoms with Crippen LogP contribution in [0.2, 0.25) is 0 Å². The molecular weight excluding hydrogens is 244 g/mol. The maximum Gasteiger partial charge on any atom is 0.147 e. The molecule has 0 atom stereocenters. The van der Waals surface area contributed by atoms with Gasteiger partial charge < -0.3 is 0 Å². The van der Waals surface area contributed by atoms with E-state index in [0.717, 1.165) is 33.3 Å². The fraction of sp³-hybridized carbons (Fsp3) is 0.154. The van der Waals surface area contributed by atoms with E-state index in [-0.39, 0.29) is 0 Å². The van der Waals surface area contributed by atoms with Gasteiger partial charge in [-0.2, -0.15) is 10.2 Å². The minimum atomic E-state index is 0.858. The summed E-state index contributed by atoms with van der Waals surface area (Å²) in [7, 11) is 0. The number of hydrogen-bond acceptors (Lipinski definition) is 5. The van der Waals surface area contributed by atoms with E-state index in [1.54, 1.807) is 11.8 Å². The highest BCUT2D eigenvalue weighted by Gasteiger charge is 2.19. The summed E-state index contributed by atoms with van der Waals surface area (Å²) >= 11 is 1.67. The number of hydrogen-bond donors (Lipinski definition) is 1. The predicted molar refractivity (Wildman–Crippen MR) is 78.2 cm³/mol. The van der Waals surface area contributed by atoms with E-state index in [1.807, 2.05) is 31.3 Å². The molecule has 0 aliphatic carbocycles. The smallest absolute Gasteiger partial charge is 0.147 e. The molecule has 5 heteroatoms. The van der Waals surface area contributed by atoms with Crippen LogP contribution in [0.5, 0.6) is 0 Å². The van der Waals surface area contributed by atoms with Crippen LogP contribution in [-0.2, 0) is 0 Å². The molecule has 0 fully saturated rings. The molecule has 2 aliphatic rings. The van der Waals surface area contributed by atoms with Crippen LogP contribution in [0, 0.1) is 0 Å². The van der Waals surface area contributed by atoms with Crippen molar-refractivity contribution in [2.45, 2.75) is 6.92 Å². The molecule has 0 saturated carbocycles. The third kappa shape index (κ3) is 2.09. The van der Waals surface area contributed by atoms with Crippen LogP contribution in [-0.4, -0.2) is 22.2 Å². The van der Waals surface area contributed by atoms with Gasteiger partial charge in [0.2, 0.25) is 0 Å². The summed E-state index contributed by atoms with van der Waals surface area (Å²) in [5, 5.41) is 13.6. The Bertz CT molecular complexity index is 599. The molecule has 0 radical (unpaired) electrons. The molecule has 1 aromatic carbocycles. The average Bonchev–Trinajstić information content (AvgIpc) is 2.62. The van der Waals surface area contributed by atoms with Crippen molar-refractivity contribution in [1.82, 2.24) is 5.43 Å². The molecule has 0 amide bonds. The van der Waals surface area contributed by atoms with Crippen molar-refractivity contribution < 1.29 is 0 Å². The molecule has 1 N–H and O–H groups in total. The minimum Gasteiger partial charge on any atom is -0.285 e. The highest BCUT2D eigenvalue weighted by Crippen LogP contribution is 2.20. The number of fused-ring (bicyclic) bond motifs is 1. The molecule has 0 saturated heterocycles. The van der Waals surface area contributed by atoms with Crippen LogP contribution in [0.1, 0.15) is 18.1 Å². The fourth-order valence-electron chi connectivity index (χ4n) is 1.79. The van der Waals surface area contributed by atoms with Crippen molar-refractivity contribution in [1.29, 1.82) is 0 Å². The van der Waals surface area contributed by atoms with Crippen molar-refractivity contribution in [2.75, 3.05) is 5.75 Å². The normalized spacial score (nSPS) is 17.9. The summed E-state index contributed by atoms with van der Waals surface area (Å²) in [5.74, 6) is 0.869. The largest absolute Gasteiger partial charge is 0.285 e. The van der Waals surface area contributed by atoms with Crippen molar-refractivity contribution in [3.8, 4) is 0 Å². The lowest BCUT2D eigenvalue weighted by Crippen LogP contribution is -2.19. The Hall–Kier alpha value is -1.88. The van der Waals surface area contributed by atoms with Gasteiger partial charge in [0, 0.05) is 23.2 Å². The highest BCUT2D eigenvalue weighted by atomic mass is 32.2. The standard InChI is InChI=1S/C13H12N4S/c1-9-8-18-13(17-15-9)12-11-5-3-2-4-10(11)6-7-14-16-12/h2-7,14H,8H2,1H3. The molecule has 0 unspecified atom stereocenters. The van der Waals surface area contributed by atoms with Gasteiger partial charge >= 0.3 is 0 Å². The number of thioether (sulfide) groups is 1. The van der Waals surface area contributed by atoms with Gasteiger partial charge in [0.1, 0.15) is 10.8 Å². The molecule has 2 aliphatic heterocycles. The number of benzene rings is 1. The van der Waals surface area contributed by atoms with Gasteiger partial charge in [-0.3, -0.25) is 5.43 Å². The van der Waals surface area contributed by atoms with Crippen molar-refractivity contribution in [3.05, 3.63) is 41.6 Å². The van der Waals surface area contributed by atoms with E-state index in [4.69, 9.17) is 0 Å². The average molecular weight is 256 g/mol. The molecule has 90 valence electrons. The van der Waals surface area contributed by atoms with E-state index in [0.29, 0.717) is 0 Å². The first-order valence-electron chi connectivity index (χ1n) is 5.68. The molecule has 0 bridgehead atoms. The van der Waals surface area contributed by atoms with E-state index < -0.39 is 0 Å². The minimum absolute atomic E-state index is 0.858. The maximum absolute atomic E-state index is 4.37. The zero-order chi connectivity index (χ0) is 12.4. The summed E-state index contributed by atoms with van der Waals surface area (Å²) in [4.78, 5) is 0. The monoisotopic (exact) mass is 256 g/mol. The van der Waals surface area contributed by atoms with Gasteiger partial charge in [-0.25, -0.2) is 0 Å². The van der Waals surface area contributed by atoms with Gasteiger partial charge in [-0.15, -0.1) is 5.10 Å². The molecule has 0 aromatic heterocycles. The van der Waals surface area contributed by atoms with Gasteiger partial charge in [0.25, 0.3) is 0 Å². The summed E-state index contributed by atoms with van der Waals surface area (Å²) in [6, 6.07) is 8.15. The number of nitrogens with zero attached hydrogens (tertiary/aromatic N) is 3. The quantitative estimate of drug-likeness (QED) is 0.839. The Morgan fingerprint density at radius 2 is 2.11 bits per heavy atom. The van der Waals surface area contributed by atoms with Crippen LogP contribution in [0.4, 0.5) is 0 Å². The first-order chi connectivity index (χ1) is 8.84. The summed E-state index contributed by atoms with van der Waals surface area (Å²) in [6.45, 7) is 1.98. The molecule has 2 heterocycles. The van der Waals surface area contributed by atoms with Gasteiger partial charge in [0.05, 0.1) is 0 Å². The SMILES string of the molecule is CC1=NN=C(C2=NNC=Cc3ccccc32)SC1. The molecule has 4 nitrogen and oxygen atoms in total. The Morgan fingerprint density at radius 3 is 2.94 bits per heavy atom.